The molecule has 0 bridgehead atoms. The number of thioether (sulfide) groups is 1. The number of hydrogen-bond donors (Lipinski definition) is 2. The average molecular weight is 308 g/mol. The number of nitrogens with zero attached hydrogens (tertiary/aromatic N) is 1. The largest absolute Gasteiger partial charge is 0.335 e. The fourth-order valence-electron chi connectivity index (χ4n) is 1.58. The Kier molecular flexibility index (Phi) is 9.28. The van der Waals surface area contributed by atoms with Crippen molar-refractivity contribution in [3.8, 4) is 0 Å². The van der Waals surface area contributed by atoms with Crippen LogP contribution in [-0.4, -0.2) is 24.0 Å². The van der Waals surface area contributed by atoms with E-state index in [4.69, 9.17) is 5.73 Å². The Morgan fingerprint density at radius 2 is 1.94 bits per heavy atom. The molecule has 3 N–H and O–H groups in total. The molecule has 0 aliphatic carbocycles. The Morgan fingerprint density at radius 1 is 1.22 bits per heavy atom. The Balaban J connectivity index is 0.00000144. The van der Waals surface area contributed by atoms with Gasteiger partial charge < -0.3 is 11.1 Å². The van der Waals surface area contributed by atoms with Crippen molar-refractivity contribution in [2.45, 2.75) is 12.8 Å². The summed E-state index contributed by atoms with van der Waals surface area (Å²) < 4.78 is 0. The van der Waals surface area contributed by atoms with E-state index < -0.39 is 0 Å². The summed E-state index contributed by atoms with van der Waals surface area (Å²) in [6, 6.07) is 8.40. The monoisotopic (exact) mass is 307 g/mol. The molecule has 1 aliphatic heterocycles. The zero-order valence-corrected chi connectivity index (χ0v) is 12.5. The molecule has 0 radical (unpaired) electrons. The lowest BCUT2D eigenvalue weighted by atomic mass is 10.1. The first-order chi connectivity index (χ1) is 7.88. The minimum atomic E-state index is 0. The molecular formula is C12H19Cl2N3S. The van der Waals surface area contributed by atoms with Crippen molar-refractivity contribution < 1.29 is 0 Å². The van der Waals surface area contributed by atoms with Crippen LogP contribution >= 0.6 is 36.6 Å². The summed E-state index contributed by atoms with van der Waals surface area (Å²) in [6.07, 6.45) is 2.13. The molecule has 6 heteroatoms. The van der Waals surface area contributed by atoms with Gasteiger partial charge in [-0.05, 0) is 37.1 Å². The number of nitrogens with one attached hydrogen (secondary N) is 1. The Bertz CT molecular complexity index is 368. The van der Waals surface area contributed by atoms with Crippen LogP contribution in [-0.2, 0) is 6.42 Å². The maximum absolute atomic E-state index is 5.51. The van der Waals surface area contributed by atoms with Crippen LogP contribution in [0.4, 0.5) is 5.69 Å². The first-order valence-electron chi connectivity index (χ1n) is 5.62. The quantitative estimate of drug-likeness (QED) is 0.902. The van der Waals surface area contributed by atoms with Crippen LogP contribution in [0, 0.1) is 0 Å². The van der Waals surface area contributed by atoms with E-state index in [1.807, 2.05) is 0 Å². The smallest absolute Gasteiger partial charge is 0.161 e. The van der Waals surface area contributed by atoms with Gasteiger partial charge in [0.15, 0.2) is 5.17 Å². The van der Waals surface area contributed by atoms with Gasteiger partial charge in [0, 0.05) is 18.0 Å². The number of rotatable bonds is 3. The summed E-state index contributed by atoms with van der Waals surface area (Å²) in [5.74, 6) is 1.16. The van der Waals surface area contributed by atoms with Gasteiger partial charge in [-0.15, -0.1) is 24.8 Å². The van der Waals surface area contributed by atoms with Crippen LogP contribution < -0.4 is 11.1 Å². The number of halogens is 2. The van der Waals surface area contributed by atoms with E-state index in [2.05, 4.69) is 34.6 Å². The van der Waals surface area contributed by atoms with Crippen LogP contribution in [0.3, 0.4) is 0 Å². The molecule has 0 fully saturated rings. The van der Waals surface area contributed by atoms with E-state index in [0.717, 1.165) is 29.6 Å². The molecule has 0 saturated carbocycles. The predicted octanol–water partition coefficient (Wildman–Crippen LogP) is 2.94. The minimum absolute atomic E-state index is 0. The fourth-order valence-corrected chi connectivity index (χ4v) is 2.42. The highest BCUT2D eigenvalue weighted by Crippen LogP contribution is 2.16. The van der Waals surface area contributed by atoms with Gasteiger partial charge in [-0.2, -0.15) is 0 Å². The number of amidine groups is 1. The number of nitrogens with two attached hydrogens (primary N) is 1. The third-order valence-electron chi connectivity index (χ3n) is 2.43. The van der Waals surface area contributed by atoms with Crippen molar-refractivity contribution in [2.24, 2.45) is 10.7 Å². The maximum Gasteiger partial charge on any atom is 0.161 e. The Labute approximate surface area is 125 Å². The maximum atomic E-state index is 5.51. The van der Waals surface area contributed by atoms with Crippen LogP contribution in [0.25, 0.3) is 0 Å². The normalized spacial score (nSPS) is 13.9. The summed E-state index contributed by atoms with van der Waals surface area (Å²) in [5.41, 5.74) is 7.90. The van der Waals surface area contributed by atoms with E-state index in [-0.39, 0.29) is 24.8 Å². The first kappa shape index (κ1) is 17.6. The van der Waals surface area contributed by atoms with Crippen LogP contribution in [0.1, 0.15) is 12.0 Å². The Hall–Kier alpha value is -0.420. The molecule has 0 atom stereocenters. The van der Waals surface area contributed by atoms with E-state index in [0.29, 0.717) is 6.54 Å². The Morgan fingerprint density at radius 3 is 2.50 bits per heavy atom. The van der Waals surface area contributed by atoms with Crippen molar-refractivity contribution in [3.05, 3.63) is 29.8 Å². The van der Waals surface area contributed by atoms with Crippen molar-refractivity contribution in [3.63, 3.8) is 0 Å². The van der Waals surface area contributed by atoms with E-state index in [9.17, 15) is 0 Å². The molecule has 0 saturated heterocycles. The van der Waals surface area contributed by atoms with Gasteiger partial charge in [0.1, 0.15) is 0 Å². The third kappa shape index (κ3) is 5.48. The van der Waals surface area contributed by atoms with Gasteiger partial charge in [0.25, 0.3) is 0 Å². The second kappa shape index (κ2) is 9.50. The molecule has 18 heavy (non-hydrogen) atoms. The summed E-state index contributed by atoms with van der Waals surface area (Å²) in [4.78, 5) is 4.43. The van der Waals surface area contributed by atoms with Crippen LogP contribution in [0.2, 0.25) is 0 Å². The lowest BCUT2D eigenvalue weighted by Crippen LogP contribution is -2.13. The van der Waals surface area contributed by atoms with Gasteiger partial charge in [0.2, 0.25) is 0 Å². The van der Waals surface area contributed by atoms with Crippen molar-refractivity contribution >= 4 is 47.4 Å². The summed E-state index contributed by atoms with van der Waals surface area (Å²) >= 11 is 1.79. The second-order valence-electron chi connectivity index (χ2n) is 3.75. The highest BCUT2D eigenvalue weighted by atomic mass is 35.5. The summed E-state index contributed by atoms with van der Waals surface area (Å²) in [5, 5.41) is 4.37. The summed E-state index contributed by atoms with van der Waals surface area (Å²) in [7, 11) is 0. The first-order valence-corrected chi connectivity index (χ1v) is 6.60. The average Bonchev–Trinajstić information content (AvgIpc) is 2.33. The van der Waals surface area contributed by atoms with Crippen molar-refractivity contribution in [1.82, 2.24) is 0 Å². The number of benzene rings is 1. The summed E-state index contributed by atoms with van der Waals surface area (Å²) in [6.45, 7) is 1.65. The van der Waals surface area contributed by atoms with Crippen LogP contribution in [0.15, 0.2) is 29.3 Å². The van der Waals surface area contributed by atoms with Gasteiger partial charge >= 0.3 is 0 Å². The van der Waals surface area contributed by atoms with Gasteiger partial charge in [-0.3, -0.25) is 4.99 Å². The third-order valence-corrected chi connectivity index (χ3v) is 3.43. The van der Waals surface area contributed by atoms with E-state index >= 15 is 0 Å². The zero-order valence-electron chi connectivity index (χ0n) is 10.1. The number of aliphatic imine (C=N–C) groups is 1. The lowest BCUT2D eigenvalue weighted by Gasteiger charge is -2.13. The molecule has 1 aromatic rings. The molecule has 3 nitrogen and oxygen atoms in total. The SMILES string of the molecule is Cl.Cl.NCCc1ccc(NC2=NCCCS2)cc1. The van der Waals surface area contributed by atoms with Gasteiger partial charge in [-0.25, -0.2) is 0 Å². The molecule has 1 heterocycles. The molecular weight excluding hydrogens is 289 g/mol. The second-order valence-corrected chi connectivity index (χ2v) is 4.83. The van der Waals surface area contributed by atoms with Crippen molar-refractivity contribution in [1.29, 1.82) is 0 Å². The van der Waals surface area contributed by atoms with E-state index in [1.54, 1.807) is 11.8 Å². The predicted molar refractivity (Wildman–Crippen MR) is 86.7 cm³/mol. The number of hydrogen-bond acceptors (Lipinski definition) is 4. The molecule has 1 aliphatic rings. The highest BCUT2D eigenvalue weighted by Gasteiger charge is 2.05. The molecule has 1 aromatic carbocycles. The molecule has 0 aromatic heterocycles. The topological polar surface area (TPSA) is 50.4 Å². The molecule has 0 unspecified atom stereocenters. The molecule has 0 amide bonds. The van der Waals surface area contributed by atoms with Crippen LogP contribution in [0.5, 0.6) is 0 Å². The lowest BCUT2D eigenvalue weighted by molar-refractivity contribution is 0.938. The van der Waals surface area contributed by atoms with Gasteiger partial charge in [-0.1, -0.05) is 23.9 Å². The minimum Gasteiger partial charge on any atom is -0.335 e. The fraction of sp³-hybridized carbons (Fsp3) is 0.417. The van der Waals surface area contributed by atoms with E-state index in [1.165, 1.54) is 12.0 Å². The zero-order chi connectivity index (χ0) is 11.2. The molecule has 0 spiro atoms. The molecule has 102 valence electrons. The van der Waals surface area contributed by atoms with Gasteiger partial charge in [0.05, 0.1) is 0 Å². The highest BCUT2D eigenvalue weighted by molar-refractivity contribution is 8.14. The standard InChI is InChI=1S/C12H17N3S.2ClH/c13-7-6-10-2-4-11(5-3-10)15-12-14-8-1-9-16-12;;/h2-5H,1,6-9,13H2,(H,14,15);2*1H. The molecule has 2 rings (SSSR count). The number of anilines is 1. The van der Waals surface area contributed by atoms with Crippen molar-refractivity contribution in [2.75, 3.05) is 24.2 Å².